The number of rotatable bonds is 7. The number of ketones is 1. The van der Waals surface area contributed by atoms with Gasteiger partial charge in [-0.25, -0.2) is 4.79 Å². The first-order valence-electron chi connectivity index (χ1n) is 14.0. The van der Waals surface area contributed by atoms with E-state index in [1.165, 1.54) is 19.6 Å². The van der Waals surface area contributed by atoms with Crippen molar-refractivity contribution in [2.45, 2.75) is 112 Å². The number of hydrogen-bond acceptors (Lipinski definition) is 4. The summed E-state index contributed by atoms with van der Waals surface area (Å²) in [7, 11) is 1.36. The third-order valence-electron chi connectivity index (χ3n) is 11.9. The molecule has 5 heteroatoms. The van der Waals surface area contributed by atoms with Crippen LogP contribution in [0.5, 0.6) is 0 Å². The highest BCUT2D eigenvalue weighted by Crippen LogP contribution is 2.70. The number of carboxylic acids is 1. The number of Topliss-reactive ketones (excluding diaryl/α,β-unsaturated/α-hetero) is 1. The van der Waals surface area contributed by atoms with Gasteiger partial charge < -0.3 is 14.9 Å². The fourth-order valence-corrected chi connectivity index (χ4v) is 8.98. The molecular weight excluding hydrogens is 452 g/mol. The first-order valence-corrected chi connectivity index (χ1v) is 14.0. The molecule has 0 aromatic heterocycles. The third-order valence-corrected chi connectivity index (χ3v) is 11.9. The SMILES string of the molecule is CO[C@](C)(CC(=O)C[C@@H](C)[C@]1(C)CC[C@@]2(C)C3=CC[C@H]4C(C)(C)[C@H](O)CC[C@]4(C)[C@@H]3CC=C21)C(=O)O. The van der Waals surface area contributed by atoms with Crippen LogP contribution in [0.25, 0.3) is 0 Å². The van der Waals surface area contributed by atoms with E-state index in [1.807, 2.05) is 0 Å². The zero-order chi connectivity index (χ0) is 26.9. The number of aliphatic hydroxyl groups is 1. The molecule has 0 aliphatic heterocycles. The minimum atomic E-state index is -1.47. The Morgan fingerprint density at radius 3 is 2.39 bits per heavy atom. The van der Waals surface area contributed by atoms with Gasteiger partial charge in [-0.2, -0.15) is 0 Å². The number of carboxylic acid groups (broad SMARTS) is 1. The van der Waals surface area contributed by atoms with Crippen LogP contribution in [0.1, 0.15) is 99.8 Å². The minimum Gasteiger partial charge on any atom is -0.479 e. The van der Waals surface area contributed by atoms with Gasteiger partial charge in [-0.1, -0.05) is 64.8 Å². The van der Waals surface area contributed by atoms with Gasteiger partial charge in [0.15, 0.2) is 5.60 Å². The lowest BCUT2D eigenvalue weighted by Crippen LogP contribution is -2.55. The van der Waals surface area contributed by atoms with Crippen LogP contribution in [-0.2, 0) is 14.3 Å². The summed E-state index contributed by atoms with van der Waals surface area (Å²) < 4.78 is 5.18. The van der Waals surface area contributed by atoms with Crippen LogP contribution in [0.15, 0.2) is 23.3 Å². The molecule has 4 aliphatic carbocycles. The molecule has 0 spiro atoms. The van der Waals surface area contributed by atoms with Crippen molar-refractivity contribution in [3.63, 3.8) is 0 Å². The molecule has 0 radical (unpaired) electrons. The summed E-state index contributed by atoms with van der Waals surface area (Å²) in [6.45, 7) is 15.4. The summed E-state index contributed by atoms with van der Waals surface area (Å²) >= 11 is 0. The lowest BCUT2D eigenvalue weighted by atomic mass is 9.44. The summed E-state index contributed by atoms with van der Waals surface area (Å²) in [5.41, 5.74) is 1.67. The highest BCUT2D eigenvalue weighted by atomic mass is 16.5. The van der Waals surface area contributed by atoms with Crippen molar-refractivity contribution in [1.29, 1.82) is 0 Å². The predicted octanol–water partition coefficient (Wildman–Crippen LogP) is 6.35. The van der Waals surface area contributed by atoms with Crippen LogP contribution in [0.4, 0.5) is 0 Å². The van der Waals surface area contributed by atoms with Crippen molar-refractivity contribution < 1.29 is 24.5 Å². The third kappa shape index (κ3) is 3.86. The smallest absolute Gasteiger partial charge is 0.336 e. The Morgan fingerprint density at radius 1 is 1.11 bits per heavy atom. The average molecular weight is 501 g/mol. The Labute approximate surface area is 217 Å². The van der Waals surface area contributed by atoms with Gasteiger partial charge in [0.1, 0.15) is 5.78 Å². The van der Waals surface area contributed by atoms with Gasteiger partial charge in [-0.3, -0.25) is 4.79 Å². The zero-order valence-corrected chi connectivity index (χ0v) is 23.7. The van der Waals surface area contributed by atoms with Gasteiger partial charge in [0.25, 0.3) is 0 Å². The molecule has 2 saturated carbocycles. The van der Waals surface area contributed by atoms with Crippen molar-refractivity contribution >= 4 is 11.8 Å². The molecule has 0 heterocycles. The van der Waals surface area contributed by atoms with Crippen LogP contribution >= 0.6 is 0 Å². The van der Waals surface area contributed by atoms with E-state index in [-0.39, 0.29) is 45.9 Å². The largest absolute Gasteiger partial charge is 0.479 e. The van der Waals surface area contributed by atoms with Gasteiger partial charge in [0.05, 0.1) is 6.10 Å². The maximum atomic E-state index is 13.0. The Bertz CT molecular complexity index is 993. The van der Waals surface area contributed by atoms with Crippen molar-refractivity contribution in [2.24, 2.45) is 39.4 Å². The second-order valence-corrected chi connectivity index (χ2v) is 14.0. The van der Waals surface area contributed by atoms with Crippen LogP contribution in [0.3, 0.4) is 0 Å². The molecule has 2 N–H and O–H groups in total. The molecule has 5 nitrogen and oxygen atoms in total. The van der Waals surface area contributed by atoms with Crippen molar-refractivity contribution in [2.75, 3.05) is 7.11 Å². The van der Waals surface area contributed by atoms with Crippen molar-refractivity contribution in [1.82, 2.24) is 0 Å². The lowest BCUT2D eigenvalue weighted by molar-refractivity contribution is -0.163. The summed E-state index contributed by atoms with van der Waals surface area (Å²) in [6.07, 6.45) is 11.2. The fraction of sp³-hybridized carbons (Fsp3) is 0.806. The molecular formula is C31H48O5. The topological polar surface area (TPSA) is 83.8 Å². The number of carbonyl (C=O) groups is 2. The summed E-state index contributed by atoms with van der Waals surface area (Å²) in [6, 6.07) is 0. The number of ether oxygens (including phenoxy) is 1. The Kier molecular flexibility index (Phi) is 6.74. The van der Waals surface area contributed by atoms with Crippen LogP contribution in [0, 0.1) is 39.4 Å². The molecule has 0 amide bonds. The van der Waals surface area contributed by atoms with E-state index in [0.29, 0.717) is 18.3 Å². The minimum absolute atomic E-state index is 0.0191. The number of aliphatic hydroxyl groups excluding tert-OH is 1. The van der Waals surface area contributed by atoms with E-state index in [4.69, 9.17) is 4.74 Å². The number of aliphatic carboxylic acids is 1. The van der Waals surface area contributed by atoms with Crippen LogP contribution in [-0.4, -0.2) is 40.8 Å². The normalized spacial score (nSPS) is 41.6. The molecule has 202 valence electrons. The van der Waals surface area contributed by atoms with Crippen LogP contribution in [0.2, 0.25) is 0 Å². The van der Waals surface area contributed by atoms with E-state index in [1.54, 1.807) is 5.57 Å². The van der Waals surface area contributed by atoms with Crippen molar-refractivity contribution in [3.8, 4) is 0 Å². The van der Waals surface area contributed by atoms with Crippen LogP contribution < -0.4 is 0 Å². The second-order valence-electron chi connectivity index (χ2n) is 14.0. The monoisotopic (exact) mass is 500 g/mol. The molecule has 8 atom stereocenters. The Morgan fingerprint density at radius 2 is 1.78 bits per heavy atom. The molecule has 0 unspecified atom stereocenters. The summed E-state index contributed by atoms with van der Waals surface area (Å²) in [5, 5.41) is 20.3. The lowest BCUT2D eigenvalue weighted by Gasteiger charge is -2.61. The standard InChI is InChI=1S/C31H48O5/c1-19(17-20(32)18-31(7,36-8)26(34)35)28(4)15-16-30(6)22-9-11-23-27(2,3)25(33)13-14-29(23,5)21(22)10-12-24(28)30/h9,12,19,21,23,25,33H,10-11,13-18H2,1-8H3,(H,34,35)/t19-,21-,23+,25-,28+,29-,30+,31-/m1/s1. The number of hydrogen-bond donors (Lipinski definition) is 2. The van der Waals surface area contributed by atoms with E-state index in [9.17, 15) is 19.8 Å². The number of fused-ring (bicyclic) bond motifs is 5. The van der Waals surface area contributed by atoms with E-state index >= 15 is 0 Å². The number of allylic oxidation sites excluding steroid dienone is 4. The maximum absolute atomic E-state index is 13.0. The molecule has 2 fully saturated rings. The molecule has 0 saturated heterocycles. The summed E-state index contributed by atoms with van der Waals surface area (Å²) in [4.78, 5) is 24.6. The maximum Gasteiger partial charge on any atom is 0.336 e. The highest BCUT2D eigenvalue weighted by molar-refractivity contribution is 5.88. The van der Waals surface area contributed by atoms with Gasteiger partial charge in [-0.05, 0) is 79.4 Å². The number of methoxy groups -OCH3 is 1. The zero-order valence-electron chi connectivity index (χ0n) is 23.7. The number of carbonyl (C=O) groups excluding carboxylic acids is 1. The molecule has 0 bridgehead atoms. The molecule has 4 rings (SSSR count). The van der Waals surface area contributed by atoms with E-state index < -0.39 is 11.6 Å². The quantitative estimate of drug-likeness (QED) is 0.398. The van der Waals surface area contributed by atoms with Gasteiger partial charge in [0, 0.05) is 25.4 Å². The summed E-state index contributed by atoms with van der Waals surface area (Å²) in [5.74, 6) is -0.0284. The van der Waals surface area contributed by atoms with Crippen molar-refractivity contribution in [3.05, 3.63) is 23.3 Å². The Hall–Kier alpha value is -1.46. The molecule has 0 aromatic carbocycles. The fourth-order valence-electron chi connectivity index (χ4n) is 8.98. The van der Waals surface area contributed by atoms with Gasteiger partial charge in [-0.15, -0.1) is 0 Å². The first kappa shape index (κ1) is 27.6. The molecule has 36 heavy (non-hydrogen) atoms. The first-order chi connectivity index (χ1) is 16.6. The van der Waals surface area contributed by atoms with Gasteiger partial charge >= 0.3 is 5.97 Å². The predicted molar refractivity (Wildman–Crippen MR) is 141 cm³/mol. The molecule has 4 aliphatic rings. The highest BCUT2D eigenvalue weighted by Gasteiger charge is 2.61. The van der Waals surface area contributed by atoms with E-state index in [0.717, 1.165) is 38.5 Å². The van der Waals surface area contributed by atoms with E-state index in [2.05, 4.69) is 53.7 Å². The average Bonchev–Trinajstić information content (AvgIpc) is 3.08. The Balaban J connectivity index is 1.59. The van der Waals surface area contributed by atoms with Gasteiger partial charge in [0.2, 0.25) is 0 Å². The second kappa shape index (κ2) is 8.80. The molecule has 0 aromatic rings.